The Labute approximate surface area is 175 Å². The first-order valence-electron chi connectivity index (χ1n) is 9.67. The predicted octanol–water partition coefficient (Wildman–Crippen LogP) is 3.37. The molecule has 0 bridgehead atoms. The van der Waals surface area contributed by atoms with Gasteiger partial charge in [-0.05, 0) is 57.2 Å². The number of sulfonamides is 1. The number of pyridine rings is 1. The van der Waals surface area contributed by atoms with Crippen molar-refractivity contribution < 1.29 is 8.42 Å². The van der Waals surface area contributed by atoms with Crippen molar-refractivity contribution in [2.45, 2.75) is 45.1 Å². The van der Waals surface area contributed by atoms with Crippen molar-refractivity contribution in [2.24, 2.45) is 0 Å². The molecule has 0 amide bonds. The van der Waals surface area contributed by atoms with Crippen LogP contribution < -0.4 is 10.0 Å². The molecule has 0 unspecified atom stereocenters. The minimum Gasteiger partial charge on any atom is -0.368 e. The van der Waals surface area contributed by atoms with Crippen LogP contribution in [0.15, 0.2) is 24.5 Å². The van der Waals surface area contributed by atoms with E-state index in [0.717, 1.165) is 34.4 Å². The Kier molecular flexibility index (Phi) is 5.30. The molecule has 0 saturated carbocycles. The van der Waals surface area contributed by atoms with Crippen molar-refractivity contribution >= 4 is 37.4 Å². The lowest BCUT2D eigenvalue weighted by Crippen LogP contribution is -2.47. The first kappa shape index (κ1) is 20.2. The number of anilines is 1. The third-order valence-electron chi connectivity index (χ3n) is 4.89. The number of aryl methyl sites for hydroxylation is 2. The summed E-state index contributed by atoms with van der Waals surface area (Å²) in [5, 5.41) is 4.48. The first-order valence-corrected chi connectivity index (χ1v) is 12.4. The summed E-state index contributed by atoms with van der Waals surface area (Å²) >= 11 is 1.74. The summed E-state index contributed by atoms with van der Waals surface area (Å²) < 4.78 is 26.1. The van der Waals surface area contributed by atoms with Gasteiger partial charge in [0.15, 0.2) is 5.82 Å². The molecule has 0 radical (unpaired) electrons. The lowest BCUT2D eigenvalue weighted by molar-refractivity contribution is 0.476. The lowest BCUT2D eigenvalue weighted by Gasteiger charge is -2.26. The summed E-state index contributed by atoms with van der Waals surface area (Å²) in [4.78, 5) is 16.2. The molecule has 0 aromatic carbocycles. The van der Waals surface area contributed by atoms with Gasteiger partial charge in [-0.2, -0.15) is 0 Å². The Morgan fingerprint density at radius 1 is 1.21 bits per heavy atom. The molecule has 9 heteroatoms. The SMILES string of the molecule is CC(C)(CNc1nc(-c2cccnc2)nc2sc3c(c12)CCCC3)NS(C)(=O)=O. The van der Waals surface area contributed by atoms with Gasteiger partial charge >= 0.3 is 0 Å². The fraction of sp³-hybridized carbons (Fsp3) is 0.450. The number of fused-ring (bicyclic) bond motifs is 3. The van der Waals surface area contributed by atoms with Gasteiger partial charge < -0.3 is 5.32 Å². The molecule has 1 aliphatic carbocycles. The topological polar surface area (TPSA) is 96.9 Å². The monoisotopic (exact) mass is 431 g/mol. The molecule has 3 heterocycles. The van der Waals surface area contributed by atoms with E-state index in [1.54, 1.807) is 23.7 Å². The summed E-state index contributed by atoms with van der Waals surface area (Å²) in [5.41, 5.74) is 1.54. The maximum atomic E-state index is 11.7. The largest absolute Gasteiger partial charge is 0.368 e. The van der Waals surface area contributed by atoms with E-state index in [2.05, 4.69) is 15.0 Å². The predicted molar refractivity (Wildman–Crippen MR) is 118 cm³/mol. The van der Waals surface area contributed by atoms with Crippen LogP contribution in [0.5, 0.6) is 0 Å². The van der Waals surface area contributed by atoms with Gasteiger partial charge in [-0.25, -0.2) is 23.1 Å². The molecule has 3 aromatic heterocycles. The molecule has 0 spiro atoms. The third-order valence-corrected chi connectivity index (χ3v) is 7.00. The maximum absolute atomic E-state index is 11.7. The molecule has 0 aliphatic heterocycles. The van der Waals surface area contributed by atoms with Gasteiger partial charge in [0, 0.05) is 34.9 Å². The van der Waals surface area contributed by atoms with Gasteiger partial charge in [-0.15, -0.1) is 11.3 Å². The summed E-state index contributed by atoms with van der Waals surface area (Å²) in [5.74, 6) is 1.39. The van der Waals surface area contributed by atoms with Crippen molar-refractivity contribution in [3.63, 3.8) is 0 Å². The number of nitrogens with one attached hydrogen (secondary N) is 2. The third kappa shape index (κ3) is 4.57. The van der Waals surface area contributed by atoms with E-state index in [-0.39, 0.29) is 0 Å². The lowest BCUT2D eigenvalue weighted by atomic mass is 9.97. The van der Waals surface area contributed by atoms with E-state index in [9.17, 15) is 8.42 Å². The summed E-state index contributed by atoms with van der Waals surface area (Å²) in [6, 6.07) is 3.81. The Hall–Kier alpha value is -2.10. The van der Waals surface area contributed by atoms with Gasteiger partial charge in [-0.3, -0.25) is 4.98 Å². The highest BCUT2D eigenvalue weighted by Gasteiger charge is 2.25. The average molecular weight is 432 g/mol. The molecule has 4 rings (SSSR count). The average Bonchev–Trinajstić information content (AvgIpc) is 3.03. The zero-order valence-electron chi connectivity index (χ0n) is 16.8. The van der Waals surface area contributed by atoms with Crippen molar-refractivity contribution in [2.75, 3.05) is 18.1 Å². The number of thiophene rings is 1. The smallest absolute Gasteiger partial charge is 0.209 e. The minimum atomic E-state index is -3.31. The number of nitrogens with zero attached hydrogens (tertiary/aromatic N) is 3. The quantitative estimate of drug-likeness (QED) is 0.621. The summed E-state index contributed by atoms with van der Waals surface area (Å²) in [6.07, 6.45) is 9.15. The van der Waals surface area contributed by atoms with Crippen LogP contribution in [0.2, 0.25) is 0 Å². The maximum Gasteiger partial charge on any atom is 0.209 e. The molecular formula is C20H25N5O2S2. The van der Waals surface area contributed by atoms with Crippen LogP contribution in [-0.2, 0) is 22.9 Å². The molecule has 154 valence electrons. The Bertz CT molecular complexity index is 1140. The number of hydrogen-bond donors (Lipinski definition) is 2. The van der Waals surface area contributed by atoms with Crippen LogP contribution in [0, 0.1) is 0 Å². The minimum absolute atomic E-state index is 0.406. The highest BCUT2D eigenvalue weighted by molar-refractivity contribution is 7.88. The number of rotatable bonds is 6. The van der Waals surface area contributed by atoms with Gasteiger partial charge in [0.2, 0.25) is 10.0 Å². The van der Waals surface area contributed by atoms with E-state index in [4.69, 9.17) is 9.97 Å². The molecular weight excluding hydrogens is 406 g/mol. The molecule has 3 aromatic rings. The van der Waals surface area contributed by atoms with Crippen LogP contribution in [0.4, 0.5) is 5.82 Å². The van der Waals surface area contributed by atoms with Gasteiger partial charge in [0.25, 0.3) is 0 Å². The molecule has 7 nitrogen and oxygen atoms in total. The highest BCUT2D eigenvalue weighted by atomic mass is 32.2. The second-order valence-electron chi connectivity index (χ2n) is 8.14. The Morgan fingerprint density at radius 3 is 2.72 bits per heavy atom. The van der Waals surface area contributed by atoms with E-state index < -0.39 is 15.6 Å². The van der Waals surface area contributed by atoms with E-state index in [1.165, 1.54) is 29.5 Å². The number of hydrogen-bond acceptors (Lipinski definition) is 7. The van der Waals surface area contributed by atoms with Crippen LogP contribution in [0.3, 0.4) is 0 Å². The molecule has 0 saturated heterocycles. The fourth-order valence-electron chi connectivity index (χ4n) is 3.75. The van der Waals surface area contributed by atoms with Crippen LogP contribution in [0.25, 0.3) is 21.6 Å². The normalized spacial score (nSPS) is 14.7. The molecule has 29 heavy (non-hydrogen) atoms. The standard InChI is InChI=1S/C20H25N5O2S2/c1-20(2,25-29(3,26)27)12-22-18-16-14-8-4-5-9-15(14)28-19(16)24-17(23-18)13-7-6-10-21-11-13/h6-7,10-11,25H,4-5,8-9,12H2,1-3H3,(H,22,23,24). The number of aromatic nitrogens is 3. The van der Waals surface area contributed by atoms with Crippen LogP contribution >= 0.6 is 11.3 Å². The molecule has 0 atom stereocenters. The van der Waals surface area contributed by atoms with Crippen molar-refractivity contribution in [1.82, 2.24) is 19.7 Å². The van der Waals surface area contributed by atoms with E-state index in [0.29, 0.717) is 12.4 Å². The zero-order valence-corrected chi connectivity index (χ0v) is 18.5. The highest BCUT2D eigenvalue weighted by Crippen LogP contribution is 2.39. The van der Waals surface area contributed by atoms with Crippen LogP contribution in [-0.4, -0.2) is 41.7 Å². The summed E-state index contributed by atoms with van der Waals surface area (Å²) in [7, 11) is -3.31. The zero-order chi connectivity index (χ0) is 20.6. The van der Waals surface area contributed by atoms with Crippen molar-refractivity contribution in [3.05, 3.63) is 35.0 Å². The van der Waals surface area contributed by atoms with Crippen molar-refractivity contribution in [3.8, 4) is 11.4 Å². The van der Waals surface area contributed by atoms with Gasteiger partial charge in [0.05, 0.1) is 11.6 Å². The fourth-order valence-corrected chi connectivity index (χ4v) is 6.09. The Balaban J connectivity index is 1.77. The second kappa shape index (κ2) is 7.62. The molecule has 0 fully saturated rings. The first-order chi connectivity index (χ1) is 13.7. The van der Waals surface area contributed by atoms with Crippen molar-refractivity contribution in [1.29, 1.82) is 0 Å². The Morgan fingerprint density at radius 2 is 2.00 bits per heavy atom. The molecule has 2 N–H and O–H groups in total. The second-order valence-corrected chi connectivity index (χ2v) is 11.0. The van der Waals surface area contributed by atoms with Gasteiger partial charge in [-0.1, -0.05) is 0 Å². The van der Waals surface area contributed by atoms with E-state index >= 15 is 0 Å². The molecule has 1 aliphatic rings. The summed E-state index contributed by atoms with van der Waals surface area (Å²) in [6.45, 7) is 4.11. The van der Waals surface area contributed by atoms with Gasteiger partial charge in [0.1, 0.15) is 10.6 Å². The van der Waals surface area contributed by atoms with Crippen LogP contribution in [0.1, 0.15) is 37.1 Å². The van der Waals surface area contributed by atoms with E-state index in [1.807, 2.05) is 26.0 Å².